The maximum absolute atomic E-state index is 12.2. The van der Waals surface area contributed by atoms with E-state index in [1.165, 1.54) is 30.6 Å². The molecule has 4 heteroatoms. The first kappa shape index (κ1) is 15.2. The van der Waals surface area contributed by atoms with Crippen LogP contribution in [0.1, 0.15) is 42.8 Å². The number of thiophene rings is 1. The van der Waals surface area contributed by atoms with E-state index in [4.69, 9.17) is 0 Å². The van der Waals surface area contributed by atoms with Gasteiger partial charge in [-0.25, -0.2) is 0 Å². The summed E-state index contributed by atoms with van der Waals surface area (Å²) in [6.45, 7) is 7.35. The zero-order chi connectivity index (χ0) is 13.8. The van der Waals surface area contributed by atoms with Crippen molar-refractivity contribution in [3.63, 3.8) is 0 Å². The van der Waals surface area contributed by atoms with Crippen molar-refractivity contribution in [3.05, 3.63) is 20.8 Å². The van der Waals surface area contributed by atoms with Crippen LogP contribution in [0.15, 0.2) is 15.9 Å². The van der Waals surface area contributed by atoms with Crippen molar-refractivity contribution in [2.24, 2.45) is 11.8 Å². The Bertz CT molecular complexity index is 430. The van der Waals surface area contributed by atoms with Crippen molar-refractivity contribution in [1.29, 1.82) is 0 Å². The summed E-state index contributed by atoms with van der Waals surface area (Å²) >= 11 is 4.95. The van der Waals surface area contributed by atoms with Crippen molar-refractivity contribution >= 4 is 33.0 Å². The number of likely N-dealkylation sites (tertiary alicyclic amines) is 1. The molecule has 0 amide bonds. The minimum atomic E-state index is 0.263. The molecule has 0 bridgehead atoms. The molecule has 2 heterocycles. The molecule has 1 aromatic heterocycles. The molecule has 19 heavy (non-hydrogen) atoms. The molecule has 0 spiro atoms. The van der Waals surface area contributed by atoms with E-state index in [2.05, 4.69) is 34.7 Å². The molecular formula is C15H22BrNOS. The van der Waals surface area contributed by atoms with Crippen molar-refractivity contribution < 1.29 is 4.79 Å². The molecule has 0 saturated carbocycles. The largest absolute Gasteiger partial charge is 0.296 e. The van der Waals surface area contributed by atoms with E-state index < -0.39 is 0 Å². The van der Waals surface area contributed by atoms with Crippen molar-refractivity contribution in [2.45, 2.75) is 33.1 Å². The quantitative estimate of drug-likeness (QED) is 0.752. The summed E-state index contributed by atoms with van der Waals surface area (Å²) in [5.41, 5.74) is 0. The molecule has 1 aromatic rings. The first-order valence-electron chi connectivity index (χ1n) is 7.07. The fourth-order valence-electron chi connectivity index (χ4n) is 2.75. The van der Waals surface area contributed by atoms with Crippen LogP contribution in [0.5, 0.6) is 0 Å². The predicted molar refractivity (Wildman–Crippen MR) is 85.0 cm³/mol. The number of carbonyl (C=O) groups is 1. The highest BCUT2D eigenvalue weighted by atomic mass is 79.9. The first-order valence-corrected chi connectivity index (χ1v) is 8.68. The van der Waals surface area contributed by atoms with Gasteiger partial charge < -0.3 is 0 Å². The molecule has 1 aliphatic rings. The number of nitrogens with zero attached hydrogens (tertiary/aromatic N) is 1. The number of rotatable bonds is 4. The van der Waals surface area contributed by atoms with E-state index in [1.54, 1.807) is 0 Å². The van der Waals surface area contributed by atoms with Crippen molar-refractivity contribution in [3.8, 4) is 0 Å². The van der Waals surface area contributed by atoms with Gasteiger partial charge in [0.1, 0.15) is 0 Å². The summed E-state index contributed by atoms with van der Waals surface area (Å²) in [6, 6.07) is 3.88. The van der Waals surface area contributed by atoms with E-state index in [0.29, 0.717) is 6.54 Å². The molecule has 2 rings (SSSR count). The van der Waals surface area contributed by atoms with E-state index in [1.807, 2.05) is 12.1 Å². The van der Waals surface area contributed by atoms with E-state index in [-0.39, 0.29) is 5.78 Å². The maximum atomic E-state index is 12.2. The van der Waals surface area contributed by atoms with Gasteiger partial charge in [0, 0.05) is 0 Å². The topological polar surface area (TPSA) is 20.3 Å². The monoisotopic (exact) mass is 343 g/mol. The number of carbonyl (C=O) groups excluding carboxylic acids is 1. The van der Waals surface area contributed by atoms with Crippen LogP contribution in [-0.4, -0.2) is 30.3 Å². The van der Waals surface area contributed by atoms with Crippen LogP contribution in [0.4, 0.5) is 0 Å². The third-order valence-electron chi connectivity index (χ3n) is 4.02. The number of Topliss-reactive ketones (excluding diaryl/α,β-unsaturated/α-hetero) is 1. The summed E-state index contributed by atoms with van der Waals surface area (Å²) < 4.78 is 1.03. The van der Waals surface area contributed by atoms with Crippen molar-refractivity contribution in [1.82, 2.24) is 4.90 Å². The Morgan fingerprint density at radius 1 is 1.42 bits per heavy atom. The van der Waals surface area contributed by atoms with E-state index in [9.17, 15) is 4.79 Å². The lowest BCUT2D eigenvalue weighted by Gasteiger charge is -2.20. The standard InChI is InChI=1S/C15H22BrNOS/c1-11(2)12-4-3-8-17(9-7-12)10-13(18)14-5-6-15(16)19-14/h5-6,11-12H,3-4,7-10H2,1-2H3. The molecule has 2 nitrogen and oxygen atoms in total. The Balaban J connectivity index is 1.87. The zero-order valence-corrected chi connectivity index (χ0v) is 14.1. The van der Waals surface area contributed by atoms with Crippen LogP contribution in [0, 0.1) is 11.8 Å². The lowest BCUT2D eigenvalue weighted by molar-refractivity contribution is 0.0936. The van der Waals surface area contributed by atoms with Crippen molar-refractivity contribution in [2.75, 3.05) is 19.6 Å². The van der Waals surface area contributed by atoms with Crippen LogP contribution >= 0.6 is 27.3 Å². The minimum absolute atomic E-state index is 0.263. The van der Waals surface area contributed by atoms with Crippen LogP contribution in [0.3, 0.4) is 0 Å². The normalized spacial score (nSPS) is 21.6. The maximum Gasteiger partial charge on any atom is 0.186 e. The fraction of sp³-hybridized carbons (Fsp3) is 0.667. The average molecular weight is 344 g/mol. The van der Waals surface area contributed by atoms with Crippen LogP contribution in [0.25, 0.3) is 0 Å². The van der Waals surface area contributed by atoms with Gasteiger partial charge in [-0.3, -0.25) is 9.69 Å². The highest BCUT2D eigenvalue weighted by Gasteiger charge is 2.21. The second-order valence-corrected chi connectivity index (χ2v) is 8.20. The van der Waals surface area contributed by atoms with Crippen LogP contribution in [-0.2, 0) is 0 Å². The third-order valence-corrected chi connectivity index (χ3v) is 5.69. The van der Waals surface area contributed by atoms with E-state index >= 15 is 0 Å². The molecule has 0 aliphatic carbocycles. The van der Waals surface area contributed by atoms with Gasteiger partial charge in [0.25, 0.3) is 0 Å². The molecule has 1 fully saturated rings. The lowest BCUT2D eigenvalue weighted by Crippen LogP contribution is -2.30. The highest BCUT2D eigenvalue weighted by Crippen LogP contribution is 2.26. The third kappa shape index (κ3) is 4.40. The lowest BCUT2D eigenvalue weighted by atomic mass is 9.89. The molecule has 0 radical (unpaired) electrons. The summed E-state index contributed by atoms with van der Waals surface area (Å²) in [6.07, 6.45) is 3.77. The Morgan fingerprint density at radius 3 is 2.84 bits per heavy atom. The Hall–Kier alpha value is -0.190. The molecule has 1 saturated heterocycles. The van der Waals surface area contributed by atoms with Gasteiger partial charge in [0.05, 0.1) is 15.2 Å². The highest BCUT2D eigenvalue weighted by molar-refractivity contribution is 9.11. The van der Waals surface area contributed by atoms with Gasteiger partial charge >= 0.3 is 0 Å². The number of hydrogen-bond donors (Lipinski definition) is 0. The Labute approximate surface area is 128 Å². The SMILES string of the molecule is CC(C)C1CCCN(CC(=O)c2ccc(Br)s2)CC1. The smallest absolute Gasteiger partial charge is 0.186 e. The molecule has 106 valence electrons. The molecule has 1 atom stereocenters. The number of halogens is 1. The van der Waals surface area contributed by atoms with Gasteiger partial charge in [0.2, 0.25) is 0 Å². The predicted octanol–water partition coefficient (Wildman–Crippen LogP) is 4.45. The molecule has 0 N–H and O–H groups in total. The summed E-state index contributed by atoms with van der Waals surface area (Å²) in [7, 11) is 0. The van der Waals surface area contributed by atoms with Gasteiger partial charge in [0.15, 0.2) is 5.78 Å². The minimum Gasteiger partial charge on any atom is -0.296 e. The molecule has 1 unspecified atom stereocenters. The second-order valence-electron chi connectivity index (χ2n) is 5.74. The van der Waals surface area contributed by atoms with Gasteiger partial charge in [-0.15, -0.1) is 11.3 Å². The van der Waals surface area contributed by atoms with Crippen LogP contribution in [0.2, 0.25) is 0 Å². The number of hydrogen-bond acceptors (Lipinski definition) is 3. The fourth-order valence-corrected chi connectivity index (χ4v) is 4.07. The average Bonchev–Trinajstić information content (AvgIpc) is 2.65. The number of ketones is 1. The van der Waals surface area contributed by atoms with E-state index in [0.717, 1.165) is 33.6 Å². The molecular weight excluding hydrogens is 322 g/mol. The van der Waals surface area contributed by atoms with Gasteiger partial charge in [-0.05, 0) is 72.3 Å². The van der Waals surface area contributed by atoms with Crippen LogP contribution < -0.4 is 0 Å². The second kappa shape index (κ2) is 7.00. The summed E-state index contributed by atoms with van der Waals surface area (Å²) in [5.74, 6) is 1.86. The molecule has 1 aliphatic heterocycles. The molecule has 0 aromatic carbocycles. The summed E-state index contributed by atoms with van der Waals surface area (Å²) in [5, 5.41) is 0. The Morgan fingerprint density at radius 2 is 2.21 bits per heavy atom. The Kier molecular flexibility index (Phi) is 5.60. The van der Waals surface area contributed by atoms with Gasteiger partial charge in [-0.2, -0.15) is 0 Å². The summed E-state index contributed by atoms with van der Waals surface area (Å²) in [4.78, 5) is 15.4. The zero-order valence-electron chi connectivity index (χ0n) is 11.7. The first-order chi connectivity index (χ1) is 9.06. The van der Waals surface area contributed by atoms with Gasteiger partial charge in [-0.1, -0.05) is 13.8 Å².